The summed E-state index contributed by atoms with van der Waals surface area (Å²) in [5, 5.41) is 2.58. The molecule has 1 amide bonds. The van der Waals surface area contributed by atoms with Crippen LogP contribution >= 0.6 is 22.6 Å². The normalized spacial score (nSPS) is 8.60. The van der Waals surface area contributed by atoms with Crippen molar-refractivity contribution in [3.8, 4) is 9.85 Å². The zero-order valence-corrected chi connectivity index (χ0v) is 7.81. The van der Waals surface area contributed by atoms with E-state index in [1.165, 1.54) is 6.08 Å². The fourth-order valence-corrected chi connectivity index (χ4v) is 0.566. The van der Waals surface area contributed by atoms with E-state index in [0.29, 0.717) is 6.54 Å². The standard InChI is InChI=1S/C7H8INO/c1-2-4-7(10)9-6-3-5-8/h2,4H,6H2,1H3,(H,9,10). The highest BCUT2D eigenvalue weighted by molar-refractivity contribution is 14.1. The molecule has 0 fully saturated rings. The Morgan fingerprint density at radius 2 is 2.50 bits per heavy atom. The van der Waals surface area contributed by atoms with Crippen molar-refractivity contribution in [3.63, 3.8) is 0 Å². The molecular weight excluding hydrogens is 241 g/mol. The lowest BCUT2D eigenvalue weighted by Crippen LogP contribution is -2.20. The summed E-state index contributed by atoms with van der Waals surface area (Å²) < 4.78 is 2.65. The first kappa shape index (κ1) is 9.50. The summed E-state index contributed by atoms with van der Waals surface area (Å²) in [5.41, 5.74) is 0. The number of amides is 1. The molecule has 1 N–H and O–H groups in total. The minimum Gasteiger partial charge on any atom is -0.342 e. The number of carbonyl (C=O) groups excluding carboxylic acids is 1. The molecule has 0 atom stereocenters. The molecule has 0 unspecified atom stereocenters. The molecule has 0 rings (SSSR count). The lowest BCUT2D eigenvalue weighted by molar-refractivity contribution is -0.116. The summed E-state index contributed by atoms with van der Waals surface area (Å²) in [7, 11) is 0. The Morgan fingerprint density at radius 3 is 3.00 bits per heavy atom. The van der Waals surface area contributed by atoms with Crippen LogP contribution in [0.3, 0.4) is 0 Å². The SMILES string of the molecule is CC=CC(=O)NCC#CI. The number of nitrogens with one attached hydrogen (secondary N) is 1. The van der Waals surface area contributed by atoms with Crippen molar-refractivity contribution in [3.05, 3.63) is 12.2 Å². The van der Waals surface area contributed by atoms with Gasteiger partial charge >= 0.3 is 0 Å². The number of carbonyl (C=O) groups is 1. The lowest BCUT2D eigenvalue weighted by atomic mass is 10.5. The maximum Gasteiger partial charge on any atom is 0.244 e. The number of halogens is 1. The van der Waals surface area contributed by atoms with Crippen molar-refractivity contribution in [2.24, 2.45) is 0 Å². The van der Waals surface area contributed by atoms with Crippen molar-refractivity contribution >= 4 is 28.5 Å². The Labute approximate surface area is 74.2 Å². The van der Waals surface area contributed by atoms with E-state index in [4.69, 9.17) is 0 Å². The van der Waals surface area contributed by atoms with Gasteiger partial charge in [-0.25, -0.2) is 0 Å². The second kappa shape index (κ2) is 6.62. The Hall–Kier alpha value is -0.500. The first-order chi connectivity index (χ1) is 4.81. The van der Waals surface area contributed by atoms with Crippen molar-refractivity contribution in [2.75, 3.05) is 6.54 Å². The van der Waals surface area contributed by atoms with Crippen molar-refractivity contribution < 1.29 is 4.79 Å². The summed E-state index contributed by atoms with van der Waals surface area (Å²) >= 11 is 1.93. The van der Waals surface area contributed by atoms with Crippen LogP contribution in [0.4, 0.5) is 0 Å². The van der Waals surface area contributed by atoms with Gasteiger partial charge in [-0.05, 0) is 16.9 Å². The predicted octanol–water partition coefficient (Wildman–Crippen LogP) is 1.07. The molecule has 0 saturated heterocycles. The largest absolute Gasteiger partial charge is 0.342 e. The van der Waals surface area contributed by atoms with Crippen LogP contribution in [-0.2, 0) is 4.79 Å². The molecule has 0 bridgehead atoms. The van der Waals surface area contributed by atoms with Gasteiger partial charge in [0.1, 0.15) is 0 Å². The van der Waals surface area contributed by atoms with Crippen LogP contribution in [0.25, 0.3) is 0 Å². The van der Waals surface area contributed by atoms with Gasteiger partial charge in [0.25, 0.3) is 0 Å². The van der Waals surface area contributed by atoms with Crippen LogP contribution in [0.1, 0.15) is 6.92 Å². The van der Waals surface area contributed by atoms with Gasteiger partial charge in [-0.15, -0.1) is 0 Å². The van der Waals surface area contributed by atoms with E-state index in [1.807, 2.05) is 22.6 Å². The number of rotatable bonds is 2. The van der Waals surface area contributed by atoms with Gasteiger partial charge in [0, 0.05) is 22.6 Å². The highest BCUT2D eigenvalue weighted by Crippen LogP contribution is 1.72. The van der Waals surface area contributed by atoms with E-state index in [9.17, 15) is 4.79 Å². The molecule has 10 heavy (non-hydrogen) atoms. The van der Waals surface area contributed by atoms with E-state index in [1.54, 1.807) is 13.0 Å². The Balaban J connectivity index is 3.46. The van der Waals surface area contributed by atoms with Gasteiger partial charge in [0.05, 0.1) is 6.54 Å². The molecule has 0 heterocycles. The molecule has 0 aromatic rings. The third-order valence-electron chi connectivity index (χ3n) is 0.736. The highest BCUT2D eigenvalue weighted by Gasteiger charge is 1.87. The molecule has 0 saturated carbocycles. The highest BCUT2D eigenvalue weighted by atomic mass is 127. The fourth-order valence-electron chi connectivity index (χ4n) is 0.375. The van der Waals surface area contributed by atoms with Crippen molar-refractivity contribution in [2.45, 2.75) is 6.92 Å². The van der Waals surface area contributed by atoms with E-state index in [0.717, 1.165) is 0 Å². The molecule has 0 radical (unpaired) electrons. The number of allylic oxidation sites excluding steroid dienone is 1. The summed E-state index contributed by atoms with van der Waals surface area (Å²) in [6.07, 6.45) is 3.15. The average Bonchev–Trinajstić information content (AvgIpc) is 1.89. The van der Waals surface area contributed by atoms with Gasteiger partial charge < -0.3 is 5.32 Å². The average molecular weight is 249 g/mol. The van der Waals surface area contributed by atoms with Gasteiger partial charge in [-0.1, -0.05) is 12.0 Å². The molecule has 3 heteroatoms. The minimum atomic E-state index is -0.0957. The minimum absolute atomic E-state index is 0.0957. The Bertz CT molecular complexity index is 188. The first-order valence-corrected chi connectivity index (χ1v) is 3.88. The fraction of sp³-hybridized carbons (Fsp3) is 0.286. The monoisotopic (exact) mass is 249 g/mol. The topological polar surface area (TPSA) is 29.1 Å². The van der Waals surface area contributed by atoms with Crippen LogP contribution in [0.5, 0.6) is 0 Å². The molecule has 2 nitrogen and oxygen atoms in total. The van der Waals surface area contributed by atoms with Crippen LogP contribution in [-0.4, -0.2) is 12.5 Å². The molecular formula is C7H8INO. The van der Waals surface area contributed by atoms with Crippen LogP contribution < -0.4 is 5.32 Å². The summed E-state index contributed by atoms with van der Waals surface area (Å²) in [4.78, 5) is 10.6. The molecule has 0 aromatic heterocycles. The third kappa shape index (κ3) is 5.63. The van der Waals surface area contributed by atoms with Gasteiger partial charge in [-0.3, -0.25) is 4.79 Å². The quantitative estimate of drug-likeness (QED) is 0.442. The maximum atomic E-state index is 10.6. The van der Waals surface area contributed by atoms with Crippen molar-refractivity contribution in [1.82, 2.24) is 5.32 Å². The number of hydrogen-bond acceptors (Lipinski definition) is 1. The summed E-state index contributed by atoms with van der Waals surface area (Å²) in [6, 6.07) is 0. The Morgan fingerprint density at radius 1 is 1.80 bits per heavy atom. The van der Waals surface area contributed by atoms with Gasteiger partial charge in [-0.2, -0.15) is 0 Å². The molecule has 54 valence electrons. The molecule has 0 aliphatic rings. The molecule has 0 aromatic carbocycles. The zero-order chi connectivity index (χ0) is 7.82. The predicted molar refractivity (Wildman–Crippen MR) is 49.6 cm³/mol. The molecule has 0 spiro atoms. The van der Waals surface area contributed by atoms with E-state index in [2.05, 4.69) is 15.2 Å². The maximum absolute atomic E-state index is 10.6. The lowest BCUT2D eigenvalue weighted by Gasteiger charge is -1.91. The van der Waals surface area contributed by atoms with E-state index in [-0.39, 0.29) is 5.91 Å². The van der Waals surface area contributed by atoms with Crippen LogP contribution in [0.15, 0.2) is 12.2 Å². The smallest absolute Gasteiger partial charge is 0.244 e. The second-order valence-corrected chi connectivity index (χ2v) is 2.03. The second-order valence-electron chi connectivity index (χ2n) is 1.49. The third-order valence-corrected chi connectivity index (χ3v) is 1.12. The zero-order valence-electron chi connectivity index (χ0n) is 5.65. The number of hydrogen-bond donors (Lipinski definition) is 1. The van der Waals surface area contributed by atoms with Gasteiger partial charge in [0.15, 0.2) is 0 Å². The van der Waals surface area contributed by atoms with Crippen LogP contribution in [0, 0.1) is 9.85 Å². The summed E-state index contributed by atoms with van der Waals surface area (Å²) in [5.74, 6) is 2.61. The van der Waals surface area contributed by atoms with E-state index >= 15 is 0 Å². The van der Waals surface area contributed by atoms with Crippen LogP contribution in [0.2, 0.25) is 0 Å². The molecule has 0 aliphatic heterocycles. The van der Waals surface area contributed by atoms with Crippen molar-refractivity contribution in [1.29, 1.82) is 0 Å². The van der Waals surface area contributed by atoms with Gasteiger partial charge in [0.2, 0.25) is 5.91 Å². The summed E-state index contributed by atoms with van der Waals surface area (Å²) in [6.45, 7) is 2.22. The Kier molecular flexibility index (Phi) is 6.29. The first-order valence-electron chi connectivity index (χ1n) is 2.80. The molecule has 0 aliphatic carbocycles. The van der Waals surface area contributed by atoms with E-state index < -0.39 is 0 Å².